The fourth-order valence-electron chi connectivity index (χ4n) is 3.48. The number of methoxy groups -OCH3 is 1. The van der Waals surface area contributed by atoms with Gasteiger partial charge >= 0.3 is 0 Å². The topological polar surface area (TPSA) is 91.7 Å². The summed E-state index contributed by atoms with van der Waals surface area (Å²) in [6, 6.07) is 16.7. The fraction of sp³-hybridized carbons (Fsp3) is 0.160. The number of nitrogens with zero attached hydrogens (tertiary/aromatic N) is 3. The molecule has 2 aromatic carbocycles. The van der Waals surface area contributed by atoms with E-state index in [0.717, 1.165) is 12.0 Å². The van der Waals surface area contributed by atoms with Crippen molar-refractivity contribution < 1.29 is 9.47 Å². The first kappa shape index (κ1) is 21.3. The molecule has 1 aliphatic heterocycles. The zero-order chi connectivity index (χ0) is 22.3. The quantitative estimate of drug-likeness (QED) is 0.605. The maximum atomic E-state index is 12.6. The molecule has 2 heterocycles. The Morgan fingerprint density at radius 1 is 1.22 bits per heavy atom. The zero-order valence-electron chi connectivity index (χ0n) is 17.8. The minimum Gasteiger partial charge on any atom is -0.494 e. The van der Waals surface area contributed by atoms with Gasteiger partial charge in [-0.1, -0.05) is 30.3 Å². The highest BCUT2D eigenvalue weighted by Gasteiger charge is 2.14. The lowest BCUT2D eigenvalue weighted by atomic mass is 10.0. The Kier molecular flexibility index (Phi) is 6.57. The summed E-state index contributed by atoms with van der Waals surface area (Å²) in [6.45, 7) is 1.32. The second-order valence-corrected chi connectivity index (χ2v) is 7.11. The van der Waals surface area contributed by atoms with Crippen LogP contribution in [-0.2, 0) is 4.74 Å². The lowest BCUT2D eigenvalue weighted by molar-refractivity contribution is 0.161. The van der Waals surface area contributed by atoms with E-state index in [1.165, 1.54) is 17.8 Å². The van der Waals surface area contributed by atoms with Crippen molar-refractivity contribution in [3.8, 4) is 11.4 Å². The van der Waals surface area contributed by atoms with Crippen LogP contribution in [0.15, 0.2) is 88.9 Å². The van der Waals surface area contributed by atoms with Crippen LogP contribution in [0.25, 0.3) is 11.3 Å². The second kappa shape index (κ2) is 9.89. The predicted molar refractivity (Wildman–Crippen MR) is 126 cm³/mol. The summed E-state index contributed by atoms with van der Waals surface area (Å²) < 4.78 is 12.7. The van der Waals surface area contributed by atoms with Crippen LogP contribution in [-0.4, -0.2) is 35.8 Å². The predicted octanol–water partition coefficient (Wildman–Crippen LogP) is 3.64. The average molecular weight is 428 g/mol. The largest absolute Gasteiger partial charge is 0.494 e. The van der Waals surface area contributed by atoms with Gasteiger partial charge in [0.1, 0.15) is 11.4 Å². The molecule has 0 spiro atoms. The molecule has 0 aliphatic carbocycles. The number of nitrogens with two attached hydrogens (primary N) is 1. The maximum absolute atomic E-state index is 12.6. The number of rotatable bonds is 6. The first-order valence-electron chi connectivity index (χ1n) is 10.3. The average Bonchev–Trinajstić information content (AvgIpc) is 2.85. The van der Waals surface area contributed by atoms with Crippen molar-refractivity contribution in [1.29, 1.82) is 0 Å². The first-order valence-corrected chi connectivity index (χ1v) is 10.3. The molecule has 0 radical (unpaired) electrons. The molecule has 1 aromatic heterocycles. The van der Waals surface area contributed by atoms with Crippen molar-refractivity contribution in [1.82, 2.24) is 9.78 Å². The van der Waals surface area contributed by atoms with Crippen LogP contribution in [0, 0.1) is 0 Å². The molecule has 3 aromatic rings. The molecule has 0 saturated heterocycles. The Bertz CT molecular complexity index is 1240. The third kappa shape index (κ3) is 4.68. The van der Waals surface area contributed by atoms with Crippen molar-refractivity contribution in [2.24, 2.45) is 10.7 Å². The van der Waals surface area contributed by atoms with Crippen LogP contribution >= 0.6 is 0 Å². The maximum Gasteiger partial charge on any atom is 0.209 e. The fourth-order valence-corrected chi connectivity index (χ4v) is 3.48. The molecule has 32 heavy (non-hydrogen) atoms. The van der Waals surface area contributed by atoms with Crippen LogP contribution in [0.4, 0.5) is 5.69 Å². The Balaban J connectivity index is 1.77. The molecule has 0 fully saturated rings. The number of ether oxygens (including phenoxy) is 2. The first-order chi connectivity index (χ1) is 15.7. The number of aromatic nitrogens is 2. The molecule has 7 heteroatoms. The summed E-state index contributed by atoms with van der Waals surface area (Å²) >= 11 is 0. The highest BCUT2D eigenvalue weighted by atomic mass is 16.5. The molecule has 0 amide bonds. The Labute approximate surface area is 186 Å². The van der Waals surface area contributed by atoms with Crippen molar-refractivity contribution in [2.75, 3.05) is 20.3 Å². The van der Waals surface area contributed by atoms with Gasteiger partial charge in [0, 0.05) is 12.3 Å². The number of hydrogen-bond donors (Lipinski definition) is 1. The zero-order valence-corrected chi connectivity index (χ0v) is 17.8. The molecule has 0 bridgehead atoms. The van der Waals surface area contributed by atoms with E-state index in [2.05, 4.69) is 16.2 Å². The lowest BCUT2D eigenvalue weighted by Gasteiger charge is -2.17. The van der Waals surface area contributed by atoms with Crippen molar-refractivity contribution >= 4 is 17.0 Å². The van der Waals surface area contributed by atoms with E-state index in [1.54, 1.807) is 24.1 Å². The van der Waals surface area contributed by atoms with Gasteiger partial charge in [-0.15, -0.1) is 0 Å². The number of para-hydroxylation sites is 1. The van der Waals surface area contributed by atoms with Gasteiger partial charge < -0.3 is 15.2 Å². The third-order valence-electron chi connectivity index (χ3n) is 5.07. The van der Waals surface area contributed by atoms with Crippen LogP contribution in [0.2, 0.25) is 0 Å². The number of hydrogen-bond acceptors (Lipinski definition) is 6. The third-order valence-corrected chi connectivity index (χ3v) is 5.07. The summed E-state index contributed by atoms with van der Waals surface area (Å²) in [6.07, 6.45) is 7.46. The SMILES string of the molecule is COc1cc(C2=CCOCC2)ccc1-n1ccc(=O)c(C(C=CN)=Nc2ccccc2)n1. The molecule has 0 saturated carbocycles. The molecular formula is C25H24N4O3. The van der Waals surface area contributed by atoms with E-state index >= 15 is 0 Å². The van der Waals surface area contributed by atoms with Crippen LogP contribution in [0.3, 0.4) is 0 Å². The van der Waals surface area contributed by atoms with Crippen LogP contribution in [0.5, 0.6) is 5.75 Å². The molecule has 0 atom stereocenters. The van der Waals surface area contributed by atoms with Gasteiger partial charge in [-0.2, -0.15) is 5.10 Å². The summed E-state index contributed by atoms with van der Waals surface area (Å²) in [5.74, 6) is 0.646. The molecular weight excluding hydrogens is 404 g/mol. The van der Waals surface area contributed by atoms with E-state index in [0.29, 0.717) is 36.0 Å². The summed E-state index contributed by atoms with van der Waals surface area (Å²) in [5.41, 5.74) is 9.64. The molecule has 2 N–H and O–H groups in total. The highest BCUT2D eigenvalue weighted by molar-refractivity contribution is 6.08. The van der Waals surface area contributed by atoms with E-state index in [4.69, 9.17) is 15.2 Å². The van der Waals surface area contributed by atoms with Gasteiger partial charge in [0.25, 0.3) is 0 Å². The summed E-state index contributed by atoms with van der Waals surface area (Å²) in [5, 5.41) is 4.56. The standard InChI is InChI=1S/C25H24N4O3/c1-31-24-17-19(18-11-15-32-16-12-18)7-8-22(24)29-14-10-23(30)25(28-29)21(9-13-26)27-20-5-3-2-4-6-20/h2-11,13-14,17H,12,15-16,26H2,1H3. The highest BCUT2D eigenvalue weighted by Crippen LogP contribution is 2.29. The molecule has 162 valence electrons. The molecule has 4 rings (SSSR count). The Morgan fingerprint density at radius 2 is 2.06 bits per heavy atom. The molecule has 7 nitrogen and oxygen atoms in total. The van der Waals surface area contributed by atoms with Crippen LogP contribution < -0.4 is 15.9 Å². The smallest absolute Gasteiger partial charge is 0.209 e. The Hall–Kier alpha value is -3.97. The molecule has 0 unspecified atom stereocenters. The normalized spacial score (nSPS) is 14.4. The van der Waals surface area contributed by atoms with E-state index in [1.807, 2.05) is 48.5 Å². The Morgan fingerprint density at radius 3 is 2.78 bits per heavy atom. The number of aliphatic imine (C=N–C) groups is 1. The van der Waals surface area contributed by atoms with Gasteiger partial charge in [0.2, 0.25) is 5.43 Å². The van der Waals surface area contributed by atoms with Gasteiger partial charge in [0.15, 0.2) is 5.69 Å². The van der Waals surface area contributed by atoms with Gasteiger partial charge in [0.05, 0.1) is 31.7 Å². The van der Waals surface area contributed by atoms with E-state index in [-0.39, 0.29) is 11.1 Å². The van der Waals surface area contributed by atoms with E-state index < -0.39 is 0 Å². The second-order valence-electron chi connectivity index (χ2n) is 7.11. The number of benzene rings is 2. The van der Waals surface area contributed by atoms with Gasteiger partial charge in [-0.3, -0.25) is 4.79 Å². The minimum atomic E-state index is -0.253. The monoisotopic (exact) mass is 428 g/mol. The summed E-state index contributed by atoms with van der Waals surface area (Å²) in [4.78, 5) is 17.2. The summed E-state index contributed by atoms with van der Waals surface area (Å²) in [7, 11) is 1.61. The molecule has 1 aliphatic rings. The van der Waals surface area contributed by atoms with E-state index in [9.17, 15) is 4.79 Å². The van der Waals surface area contributed by atoms with Crippen molar-refractivity contribution in [3.05, 3.63) is 101 Å². The van der Waals surface area contributed by atoms with Gasteiger partial charge in [-0.05, 0) is 54.1 Å². The van der Waals surface area contributed by atoms with Crippen molar-refractivity contribution in [3.63, 3.8) is 0 Å². The minimum absolute atomic E-state index is 0.191. The lowest BCUT2D eigenvalue weighted by Crippen LogP contribution is -2.20. The van der Waals surface area contributed by atoms with Gasteiger partial charge in [-0.25, -0.2) is 9.67 Å². The van der Waals surface area contributed by atoms with Crippen molar-refractivity contribution in [2.45, 2.75) is 6.42 Å². The van der Waals surface area contributed by atoms with Crippen LogP contribution in [0.1, 0.15) is 17.7 Å². The number of allylic oxidation sites excluding steroid dienone is 1.